The predicted octanol–water partition coefficient (Wildman–Crippen LogP) is 3.71. The summed E-state index contributed by atoms with van der Waals surface area (Å²) in [5.74, 6) is -0.327. The molecule has 0 saturated carbocycles. The molecule has 0 aliphatic carbocycles. The first-order chi connectivity index (χ1) is 9.20. The summed E-state index contributed by atoms with van der Waals surface area (Å²) in [6.07, 6.45) is 1.85. The molecular formula is C17H16O2. The summed E-state index contributed by atoms with van der Waals surface area (Å²) in [5.41, 5.74) is 3.59. The van der Waals surface area contributed by atoms with Crippen LogP contribution in [0, 0.1) is 6.92 Å². The molecule has 0 bridgehead atoms. The van der Waals surface area contributed by atoms with Crippen LogP contribution in [0.15, 0.2) is 54.6 Å². The maximum Gasteiger partial charge on any atom is 0.338 e. The molecule has 0 amide bonds. The van der Waals surface area contributed by atoms with Gasteiger partial charge in [-0.25, -0.2) is 4.79 Å². The van der Waals surface area contributed by atoms with Gasteiger partial charge in [0, 0.05) is 0 Å². The number of methoxy groups -OCH3 is 1. The Morgan fingerprint density at radius 2 is 1.63 bits per heavy atom. The Balaban J connectivity index is 2.44. The van der Waals surface area contributed by atoms with E-state index in [0.29, 0.717) is 5.57 Å². The zero-order valence-corrected chi connectivity index (χ0v) is 11.1. The van der Waals surface area contributed by atoms with Crippen LogP contribution in [0.4, 0.5) is 0 Å². The quantitative estimate of drug-likeness (QED) is 0.473. The van der Waals surface area contributed by atoms with Crippen molar-refractivity contribution in [2.24, 2.45) is 0 Å². The molecule has 0 aliphatic heterocycles. The Hall–Kier alpha value is -2.35. The molecular weight excluding hydrogens is 236 g/mol. The molecule has 0 aliphatic rings. The average molecular weight is 252 g/mol. The summed E-state index contributed by atoms with van der Waals surface area (Å²) in [6, 6.07) is 17.5. The summed E-state index contributed by atoms with van der Waals surface area (Å²) in [7, 11) is 1.40. The molecule has 96 valence electrons. The molecule has 0 spiro atoms. The highest BCUT2D eigenvalue weighted by Gasteiger charge is 2.11. The lowest BCUT2D eigenvalue weighted by atomic mass is 10.0. The summed E-state index contributed by atoms with van der Waals surface area (Å²) in [6.45, 7) is 2.03. The van der Waals surface area contributed by atoms with Crippen molar-refractivity contribution in [3.63, 3.8) is 0 Å². The van der Waals surface area contributed by atoms with E-state index in [4.69, 9.17) is 4.74 Å². The van der Waals surface area contributed by atoms with Crippen molar-refractivity contribution < 1.29 is 9.53 Å². The molecule has 0 heterocycles. The highest BCUT2D eigenvalue weighted by atomic mass is 16.5. The van der Waals surface area contributed by atoms with Crippen molar-refractivity contribution >= 4 is 17.6 Å². The van der Waals surface area contributed by atoms with Crippen molar-refractivity contribution in [1.29, 1.82) is 0 Å². The number of rotatable bonds is 3. The molecule has 2 nitrogen and oxygen atoms in total. The Morgan fingerprint density at radius 3 is 2.21 bits per heavy atom. The van der Waals surface area contributed by atoms with Gasteiger partial charge in [-0.2, -0.15) is 0 Å². The fourth-order valence-corrected chi connectivity index (χ4v) is 1.82. The van der Waals surface area contributed by atoms with E-state index < -0.39 is 0 Å². The molecule has 2 rings (SSSR count). The fraction of sp³-hybridized carbons (Fsp3) is 0.118. The zero-order chi connectivity index (χ0) is 13.7. The van der Waals surface area contributed by atoms with E-state index >= 15 is 0 Å². The molecule has 0 radical (unpaired) electrons. The maximum atomic E-state index is 11.9. The lowest BCUT2D eigenvalue weighted by Crippen LogP contribution is -2.03. The van der Waals surface area contributed by atoms with Gasteiger partial charge in [-0.05, 0) is 24.1 Å². The number of aryl methyl sites for hydroxylation is 1. The molecule has 0 fully saturated rings. The number of carbonyl (C=O) groups is 1. The van der Waals surface area contributed by atoms with Gasteiger partial charge in [-0.1, -0.05) is 60.2 Å². The molecule has 0 saturated heterocycles. The molecule has 0 aromatic heterocycles. The van der Waals surface area contributed by atoms with Crippen molar-refractivity contribution in [3.05, 3.63) is 71.3 Å². The van der Waals surface area contributed by atoms with Crippen molar-refractivity contribution in [2.45, 2.75) is 6.92 Å². The number of benzene rings is 2. The summed E-state index contributed by atoms with van der Waals surface area (Å²) in [5, 5.41) is 0. The van der Waals surface area contributed by atoms with E-state index in [9.17, 15) is 4.79 Å². The van der Waals surface area contributed by atoms with E-state index in [2.05, 4.69) is 0 Å². The van der Waals surface area contributed by atoms with E-state index in [1.54, 1.807) is 0 Å². The third-order valence-corrected chi connectivity index (χ3v) is 2.88. The van der Waals surface area contributed by atoms with Gasteiger partial charge in [0.05, 0.1) is 12.7 Å². The Bertz CT molecular complexity index is 580. The lowest BCUT2D eigenvalue weighted by Gasteiger charge is -2.06. The normalized spacial score (nSPS) is 11.2. The van der Waals surface area contributed by atoms with Gasteiger partial charge in [0.2, 0.25) is 0 Å². The smallest absolute Gasteiger partial charge is 0.338 e. The monoisotopic (exact) mass is 252 g/mol. The molecule has 2 aromatic rings. The highest BCUT2D eigenvalue weighted by Crippen LogP contribution is 2.19. The third kappa shape index (κ3) is 3.32. The zero-order valence-electron chi connectivity index (χ0n) is 11.1. The number of carbonyl (C=O) groups excluding carboxylic acids is 1. The summed E-state index contributed by atoms with van der Waals surface area (Å²) in [4.78, 5) is 11.9. The van der Waals surface area contributed by atoms with E-state index in [1.165, 1.54) is 12.7 Å². The van der Waals surface area contributed by atoms with Gasteiger partial charge in [-0.3, -0.25) is 0 Å². The first-order valence-corrected chi connectivity index (χ1v) is 6.13. The summed E-state index contributed by atoms with van der Waals surface area (Å²) < 4.78 is 4.86. The van der Waals surface area contributed by atoms with Gasteiger partial charge in [0.1, 0.15) is 0 Å². The highest BCUT2D eigenvalue weighted by molar-refractivity contribution is 6.21. The molecule has 0 unspecified atom stereocenters. The fourth-order valence-electron chi connectivity index (χ4n) is 1.82. The number of esters is 1. The van der Waals surface area contributed by atoms with Crippen molar-refractivity contribution in [3.8, 4) is 0 Å². The van der Waals surface area contributed by atoms with Gasteiger partial charge in [0.15, 0.2) is 0 Å². The van der Waals surface area contributed by atoms with Gasteiger partial charge in [-0.15, -0.1) is 0 Å². The lowest BCUT2D eigenvalue weighted by molar-refractivity contribution is -0.133. The van der Waals surface area contributed by atoms with Crippen LogP contribution in [-0.2, 0) is 9.53 Å². The second-order valence-corrected chi connectivity index (χ2v) is 4.33. The molecule has 2 heteroatoms. The molecule has 19 heavy (non-hydrogen) atoms. The van der Waals surface area contributed by atoms with Crippen LogP contribution >= 0.6 is 0 Å². The predicted molar refractivity (Wildman–Crippen MR) is 77.5 cm³/mol. The largest absolute Gasteiger partial charge is 0.465 e. The SMILES string of the molecule is COC(=O)C(=Cc1ccc(C)cc1)c1ccccc1. The van der Waals surface area contributed by atoms with Crippen molar-refractivity contribution in [1.82, 2.24) is 0 Å². The van der Waals surface area contributed by atoms with Crippen LogP contribution in [0.1, 0.15) is 16.7 Å². The molecule has 2 aromatic carbocycles. The Morgan fingerprint density at radius 1 is 1.00 bits per heavy atom. The van der Waals surface area contributed by atoms with Crippen LogP contribution in [0.5, 0.6) is 0 Å². The second kappa shape index (κ2) is 6.01. The topological polar surface area (TPSA) is 26.3 Å². The number of ether oxygens (including phenoxy) is 1. The minimum absolute atomic E-state index is 0.327. The third-order valence-electron chi connectivity index (χ3n) is 2.88. The van der Waals surface area contributed by atoms with Gasteiger partial charge >= 0.3 is 5.97 Å². The van der Waals surface area contributed by atoms with E-state index in [1.807, 2.05) is 67.6 Å². The first kappa shape index (κ1) is 13.1. The minimum Gasteiger partial charge on any atom is -0.465 e. The number of hydrogen-bond donors (Lipinski definition) is 0. The standard InChI is InChI=1S/C17H16O2/c1-13-8-10-14(11-9-13)12-16(17(18)19-2)15-6-4-3-5-7-15/h3-12H,1-2H3. The minimum atomic E-state index is -0.327. The second-order valence-electron chi connectivity index (χ2n) is 4.33. The molecule has 0 atom stereocenters. The van der Waals surface area contributed by atoms with Crippen LogP contribution in [0.3, 0.4) is 0 Å². The van der Waals surface area contributed by atoms with E-state index in [0.717, 1.165) is 11.1 Å². The average Bonchev–Trinajstić information content (AvgIpc) is 2.47. The first-order valence-electron chi connectivity index (χ1n) is 6.13. The Kier molecular flexibility index (Phi) is 4.14. The van der Waals surface area contributed by atoms with Crippen molar-refractivity contribution in [2.75, 3.05) is 7.11 Å². The molecule has 0 N–H and O–H groups in total. The summed E-state index contributed by atoms with van der Waals surface area (Å²) >= 11 is 0. The number of hydrogen-bond acceptors (Lipinski definition) is 2. The van der Waals surface area contributed by atoms with Crippen LogP contribution < -0.4 is 0 Å². The van der Waals surface area contributed by atoms with Gasteiger partial charge < -0.3 is 4.74 Å². The van der Waals surface area contributed by atoms with Crippen LogP contribution in [-0.4, -0.2) is 13.1 Å². The van der Waals surface area contributed by atoms with E-state index in [-0.39, 0.29) is 5.97 Å². The van der Waals surface area contributed by atoms with Gasteiger partial charge in [0.25, 0.3) is 0 Å². The maximum absolute atomic E-state index is 11.9. The Labute approximate surface area is 113 Å². The van der Waals surface area contributed by atoms with Crippen LogP contribution in [0.2, 0.25) is 0 Å². The van der Waals surface area contributed by atoms with Crippen LogP contribution in [0.25, 0.3) is 11.6 Å².